The highest BCUT2D eigenvalue weighted by Crippen LogP contribution is 2.28. The molecule has 0 saturated carbocycles. The van der Waals surface area contributed by atoms with Crippen LogP contribution in [0.25, 0.3) is 0 Å². The zero-order chi connectivity index (χ0) is 15.0. The van der Waals surface area contributed by atoms with Gasteiger partial charge in [-0.25, -0.2) is 0 Å². The smallest absolute Gasteiger partial charge is 0.193 e. The highest BCUT2D eigenvalue weighted by Gasteiger charge is 2.05. The fourth-order valence-corrected chi connectivity index (χ4v) is 1.79. The molecule has 0 amide bonds. The first-order chi connectivity index (χ1) is 9.56. The van der Waals surface area contributed by atoms with Crippen LogP contribution in [-0.4, -0.2) is 26.7 Å². The number of nitrogens with two attached hydrogens (primary N) is 1. The first-order valence-electron chi connectivity index (χ1n) is 6.85. The van der Waals surface area contributed by atoms with Crippen molar-refractivity contribution in [1.82, 2.24) is 0 Å². The number of nitrogens with one attached hydrogen (secondary N) is 1. The Morgan fingerprint density at radius 3 is 2.65 bits per heavy atom. The highest BCUT2D eigenvalue weighted by molar-refractivity contribution is 5.93. The van der Waals surface area contributed by atoms with E-state index in [1.807, 2.05) is 18.2 Å². The summed E-state index contributed by atoms with van der Waals surface area (Å²) in [7, 11) is 3.23. The summed E-state index contributed by atoms with van der Waals surface area (Å²) in [4.78, 5) is 4.31. The topological polar surface area (TPSA) is 68.9 Å². The molecule has 0 aromatic heterocycles. The number of guanidine groups is 1. The number of anilines is 1. The summed E-state index contributed by atoms with van der Waals surface area (Å²) in [6.07, 6.45) is 2.19. The number of ether oxygens (including phenoxy) is 2. The van der Waals surface area contributed by atoms with Crippen molar-refractivity contribution >= 4 is 11.6 Å². The third-order valence-corrected chi connectivity index (χ3v) is 2.89. The predicted molar refractivity (Wildman–Crippen MR) is 83.7 cm³/mol. The van der Waals surface area contributed by atoms with Crippen LogP contribution in [0.3, 0.4) is 0 Å². The first-order valence-corrected chi connectivity index (χ1v) is 6.85. The summed E-state index contributed by atoms with van der Waals surface area (Å²) in [6.45, 7) is 5.13. The Morgan fingerprint density at radius 1 is 1.30 bits per heavy atom. The molecule has 20 heavy (non-hydrogen) atoms. The van der Waals surface area contributed by atoms with Crippen molar-refractivity contribution in [2.45, 2.75) is 26.7 Å². The Morgan fingerprint density at radius 2 is 2.05 bits per heavy atom. The van der Waals surface area contributed by atoms with E-state index in [1.54, 1.807) is 14.2 Å². The molecule has 0 aliphatic rings. The number of nitrogens with zero attached hydrogens (tertiary/aromatic N) is 1. The van der Waals surface area contributed by atoms with E-state index in [-0.39, 0.29) is 0 Å². The number of methoxy groups -OCH3 is 2. The minimum absolute atomic E-state index is 0.389. The molecule has 1 aromatic carbocycles. The van der Waals surface area contributed by atoms with Crippen LogP contribution in [0.4, 0.5) is 5.69 Å². The fourth-order valence-electron chi connectivity index (χ4n) is 1.79. The van der Waals surface area contributed by atoms with E-state index in [2.05, 4.69) is 24.2 Å². The van der Waals surface area contributed by atoms with Crippen LogP contribution in [0.2, 0.25) is 0 Å². The summed E-state index contributed by atoms with van der Waals surface area (Å²) < 4.78 is 10.5. The molecule has 112 valence electrons. The van der Waals surface area contributed by atoms with Gasteiger partial charge in [-0.3, -0.25) is 4.99 Å². The number of hydrogen-bond acceptors (Lipinski definition) is 3. The lowest BCUT2D eigenvalue weighted by Crippen LogP contribution is -2.23. The number of aliphatic imine (C=N–C) groups is 1. The van der Waals surface area contributed by atoms with Crippen molar-refractivity contribution in [3.63, 3.8) is 0 Å². The molecule has 1 aromatic rings. The van der Waals surface area contributed by atoms with Crippen LogP contribution < -0.4 is 20.5 Å². The Balaban J connectivity index is 2.64. The zero-order valence-corrected chi connectivity index (χ0v) is 12.8. The van der Waals surface area contributed by atoms with Crippen LogP contribution in [0, 0.1) is 5.92 Å². The van der Waals surface area contributed by atoms with E-state index in [1.165, 1.54) is 0 Å². The Hall–Kier alpha value is -1.91. The van der Waals surface area contributed by atoms with Gasteiger partial charge in [0, 0.05) is 12.6 Å². The lowest BCUT2D eigenvalue weighted by atomic mass is 10.1. The van der Waals surface area contributed by atoms with Gasteiger partial charge < -0.3 is 20.5 Å². The maximum Gasteiger partial charge on any atom is 0.193 e. The van der Waals surface area contributed by atoms with Gasteiger partial charge in [-0.2, -0.15) is 0 Å². The van der Waals surface area contributed by atoms with E-state index in [0.717, 1.165) is 30.8 Å². The molecular weight excluding hydrogens is 254 g/mol. The molecule has 0 saturated heterocycles. The van der Waals surface area contributed by atoms with Crippen LogP contribution in [0.15, 0.2) is 23.2 Å². The normalized spacial score (nSPS) is 11.6. The van der Waals surface area contributed by atoms with Gasteiger partial charge in [0.15, 0.2) is 5.96 Å². The van der Waals surface area contributed by atoms with Crippen molar-refractivity contribution in [2.75, 3.05) is 26.1 Å². The quantitative estimate of drug-likeness (QED) is 0.457. The average molecular weight is 279 g/mol. The summed E-state index contributed by atoms with van der Waals surface area (Å²) in [6, 6.07) is 5.49. The molecule has 5 nitrogen and oxygen atoms in total. The largest absolute Gasteiger partial charge is 0.497 e. The van der Waals surface area contributed by atoms with Gasteiger partial charge in [-0.15, -0.1) is 0 Å². The fraction of sp³-hybridized carbons (Fsp3) is 0.533. The van der Waals surface area contributed by atoms with Crippen LogP contribution in [-0.2, 0) is 0 Å². The summed E-state index contributed by atoms with van der Waals surface area (Å²) in [5, 5.41) is 3.05. The molecule has 0 bridgehead atoms. The second-order valence-electron chi connectivity index (χ2n) is 4.99. The first kappa shape index (κ1) is 16.1. The molecule has 3 N–H and O–H groups in total. The number of rotatable bonds is 7. The SMILES string of the molecule is COc1ccc(OC)c(NC(N)=NCCCC(C)C)c1. The third kappa shape index (κ3) is 5.38. The molecule has 0 aliphatic heterocycles. The summed E-state index contributed by atoms with van der Waals surface area (Å²) in [5.74, 6) is 2.52. The third-order valence-electron chi connectivity index (χ3n) is 2.89. The Kier molecular flexibility index (Phi) is 6.70. The second kappa shape index (κ2) is 8.30. The molecule has 0 unspecified atom stereocenters. The lowest BCUT2D eigenvalue weighted by molar-refractivity contribution is 0.405. The molecule has 0 spiro atoms. The molecule has 0 atom stereocenters. The minimum atomic E-state index is 0.389. The maximum atomic E-state index is 5.88. The molecular formula is C15H25N3O2. The van der Waals surface area contributed by atoms with E-state index in [0.29, 0.717) is 17.6 Å². The minimum Gasteiger partial charge on any atom is -0.497 e. The van der Waals surface area contributed by atoms with Gasteiger partial charge in [0.05, 0.1) is 19.9 Å². The van der Waals surface area contributed by atoms with E-state index in [4.69, 9.17) is 15.2 Å². The number of benzene rings is 1. The maximum absolute atomic E-state index is 5.88. The van der Waals surface area contributed by atoms with Crippen molar-refractivity contribution in [2.24, 2.45) is 16.6 Å². The predicted octanol–water partition coefficient (Wildman–Crippen LogP) is 2.87. The summed E-state index contributed by atoms with van der Waals surface area (Å²) in [5.41, 5.74) is 6.63. The van der Waals surface area contributed by atoms with Gasteiger partial charge in [-0.1, -0.05) is 13.8 Å². The molecule has 0 aliphatic carbocycles. The molecule has 0 heterocycles. The van der Waals surface area contributed by atoms with Crippen molar-refractivity contribution in [3.05, 3.63) is 18.2 Å². The van der Waals surface area contributed by atoms with Gasteiger partial charge in [0.25, 0.3) is 0 Å². The molecule has 0 fully saturated rings. The van der Waals surface area contributed by atoms with Gasteiger partial charge in [0.1, 0.15) is 11.5 Å². The van der Waals surface area contributed by atoms with E-state index in [9.17, 15) is 0 Å². The van der Waals surface area contributed by atoms with Crippen molar-refractivity contribution < 1.29 is 9.47 Å². The lowest BCUT2D eigenvalue weighted by Gasteiger charge is -2.12. The van der Waals surface area contributed by atoms with Crippen LogP contribution >= 0.6 is 0 Å². The number of hydrogen-bond donors (Lipinski definition) is 2. The monoisotopic (exact) mass is 279 g/mol. The van der Waals surface area contributed by atoms with Crippen molar-refractivity contribution in [3.8, 4) is 11.5 Å². The van der Waals surface area contributed by atoms with Gasteiger partial charge >= 0.3 is 0 Å². The molecule has 0 radical (unpaired) electrons. The van der Waals surface area contributed by atoms with Crippen molar-refractivity contribution in [1.29, 1.82) is 0 Å². The second-order valence-corrected chi connectivity index (χ2v) is 4.99. The summed E-state index contributed by atoms with van der Waals surface area (Å²) >= 11 is 0. The molecule has 1 rings (SSSR count). The highest BCUT2D eigenvalue weighted by atomic mass is 16.5. The molecule has 5 heteroatoms. The standard InChI is InChI=1S/C15H25N3O2/c1-11(2)6-5-9-17-15(16)18-13-10-12(19-3)7-8-14(13)20-4/h7-8,10-11H,5-6,9H2,1-4H3,(H3,16,17,18). The van der Waals surface area contributed by atoms with E-state index >= 15 is 0 Å². The van der Waals surface area contributed by atoms with Crippen LogP contribution in [0.5, 0.6) is 11.5 Å². The average Bonchev–Trinajstić information content (AvgIpc) is 2.43. The Bertz CT molecular complexity index is 445. The van der Waals surface area contributed by atoms with Gasteiger partial charge in [-0.05, 0) is 30.9 Å². The zero-order valence-electron chi connectivity index (χ0n) is 12.8. The van der Waals surface area contributed by atoms with Crippen LogP contribution in [0.1, 0.15) is 26.7 Å². The van der Waals surface area contributed by atoms with E-state index < -0.39 is 0 Å². The van der Waals surface area contributed by atoms with Gasteiger partial charge in [0.2, 0.25) is 0 Å². The Labute approximate surface area is 121 Å².